The highest BCUT2D eigenvalue weighted by atomic mass is 32.2. The molecule has 0 aromatic heterocycles. The van der Waals surface area contributed by atoms with Crippen LogP contribution in [0.25, 0.3) is 0 Å². The van der Waals surface area contributed by atoms with Gasteiger partial charge >= 0.3 is 5.97 Å². The van der Waals surface area contributed by atoms with Crippen LogP contribution in [0.3, 0.4) is 0 Å². The minimum absolute atomic E-state index is 0.188. The fourth-order valence-corrected chi connectivity index (χ4v) is 3.43. The molecule has 0 atom stereocenters. The molecule has 1 saturated carbocycles. The first kappa shape index (κ1) is 14.0. The number of carboxylic acid groups (broad SMARTS) is 1. The Balaban J connectivity index is 1.90. The molecule has 0 bridgehead atoms. The molecule has 1 aliphatic carbocycles. The van der Waals surface area contributed by atoms with Crippen molar-refractivity contribution in [3.05, 3.63) is 35.4 Å². The lowest BCUT2D eigenvalue weighted by Crippen LogP contribution is -2.29. The van der Waals surface area contributed by atoms with Gasteiger partial charge in [-0.05, 0) is 36.8 Å². The molecule has 0 unspecified atom stereocenters. The molecule has 6 heteroatoms. The van der Waals surface area contributed by atoms with Crippen LogP contribution in [0.15, 0.2) is 24.3 Å². The molecule has 1 aliphatic rings. The maximum Gasteiger partial charge on any atom is 0.335 e. The lowest BCUT2D eigenvalue weighted by atomic mass is 10.1. The predicted octanol–water partition coefficient (Wildman–Crippen LogP) is 1.26. The third kappa shape index (κ3) is 4.33. The number of hydrogen-bond donors (Lipinski definition) is 2. The quantitative estimate of drug-likeness (QED) is 0.789. The third-order valence-electron chi connectivity index (χ3n) is 3.12. The Morgan fingerprint density at radius 2 is 2.00 bits per heavy atom. The van der Waals surface area contributed by atoms with Crippen molar-refractivity contribution in [3.63, 3.8) is 0 Å². The molecule has 0 heterocycles. The van der Waals surface area contributed by atoms with Crippen LogP contribution in [0.2, 0.25) is 0 Å². The van der Waals surface area contributed by atoms with Gasteiger partial charge in [0.1, 0.15) is 0 Å². The Labute approximate surface area is 112 Å². The Morgan fingerprint density at radius 3 is 2.63 bits per heavy atom. The minimum Gasteiger partial charge on any atom is -0.478 e. The number of sulfonamides is 1. The summed E-state index contributed by atoms with van der Waals surface area (Å²) in [5.41, 5.74) is 0.869. The summed E-state index contributed by atoms with van der Waals surface area (Å²) in [5.74, 6) is -0.492. The lowest BCUT2D eigenvalue weighted by Gasteiger charge is -2.08. The lowest BCUT2D eigenvalue weighted by molar-refractivity contribution is 0.0695. The summed E-state index contributed by atoms with van der Waals surface area (Å²) in [5, 5.41) is 9.01. The monoisotopic (exact) mass is 283 g/mol. The molecular formula is C13H17NO4S. The Bertz CT molecular complexity index is 564. The minimum atomic E-state index is -3.22. The normalized spacial score (nSPS) is 15.4. The highest BCUT2D eigenvalue weighted by Crippen LogP contribution is 2.29. The van der Waals surface area contributed by atoms with Crippen LogP contribution in [0.4, 0.5) is 0 Å². The summed E-state index contributed by atoms with van der Waals surface area (Å²) in [7, 11) is -3.22. The van der Waals surface area contributed by atoms with Crippen molar-refractivity contribution < 1.29 is 18.3 Å². The summed E-state index contributed by atoms with van der Waals surface area (Å²) in [6.07, 6.45) is 2.36. The van der Waals surface area contributed by atoms with E-state index in [-0.39, 0.29) is 17.9 Å². The highest BCUT2D eigenvalue weighted by Gasteiger charge is 2.27. The number of rotatable bonds is 7. The average molecular weight is 283 g/mol. The standard InChI is InChI=1S/C13H17NO4S/c15-13(16)12-4-2-1-3-11(12)7-8-14-19(17,18)9-10-5-6-10/h1-4,10,14H,5-9H2,(H,15,16). The number of hydrogen-bond acceptors (Lipinski definition) is 3. The number of nitrogens with one attached hydrogen (secondary N) is 1. The zero-order valence-electron chi connectivity index (χ0n) is 10.5. The molecule has 1 fully saturated rings. The highest BCUT2D eigenvalue weighted by molar-refractivity contribution is 7.89. The van der Waals surface area contributed by atoms with E-state index in [4.69, 9.17) is 5.11 Å². The maximum absolute atomic E-state index is 11.7. The van der Waals surface area contributed by atoms with Gasteiger partial charge in [-0.15, -0.1) is 0 Å². The largest absolute Gasteiger partial charge is 0.478 e. The molecule has 104 valence electrons. The van der Waals surface area contributed by atoms with Crippen LogP contribution in [-0.2, 0) is 16.4 Å². The van der Waals surface area contributed by atoms with Gasteiger partial charge in [-0.25, -0.2) is 17.9 Å². The molecule has 2 N–H and O–H groups in total. The fourth-order valence-electron chi connectivity index (χ4n) is 1.94. The number of carbonyl (C=O) groups is 1. The van der Waals surface area contributed by atoms with Gasteiger partial charge in [0.15, 0.2) is 0 Å². The van der Waals surface area contributed by atoms with E-state index in [2.05, 4.69) is 4.72 Å². The van der Waals surface area contributed by atoms with Crippen molar-refractivity contribution in [2.45, 2.75) is 19.3 Å². The van der Waals surface area contributed by atoms with Crippen molar-refractivity contribution in [1.82, 2.24) is 4.72 Å². The average Bonchev–Trinajstić information content (AvgIpc) is 3.12. The summed E-state index contributed by atoms with van der Waals surface area (Å²) < 4.78 is 25.8. The van der Waals surface area contributed by atoms with Crippen LogP contribution >= 0.6 is 0 Å². The molecule has 0 spiro atoms. The molecular weight excluding hydrogens is 266 g/mol. The van der Waals surface area contributed by atoms with Crippen molar-refractivity contribution >= 4 is 16.0 Å². The van der Waals surface area contributed by atoms with Gasteiger partial charge in [0.25, 0.3) is 0 Å². The maximum atomic E-state index is 11.7. The van der Waals surface area contributed by atoms with Crippen LogP contribution in [-0.4, -0.2) is 31.8 Å². The first-order valence-corrected chi connectivity index (χ1v) is 7.92. The zero-order chi connectivity index (χ0) is 13.9. The Kier molecular flexibility index (Phi) is 4.21. The van der Waals surface area contributed by atoms with Crippen LogP contribution in [0.1, 0.15) is 28.8 Å². The van der Waals surface area contributed by atoms with Crippen LogP contribution < -0.4 is 4.72 Å². The Morgan fingerprint density at radius 1 is 1.32 bits per heavy atom. The van der Waals surface area contributed by atoms with Crippen LogP contribution in [0.5, 0.6) is 0 Å². The molecule has 0 radical (unpaired) electrons. The first-order chi connectivity index (χ1) is 8.98. The van der Waals surface area contributed by atoms with Gasteiger partial charge in [-0.3, -0.25) is 0 Å². The molecule has 2 rings (SSSR count). The number of carboxylic acids is 1. The molecule has 1 aromatic carbocycles. The summed E-state index contributed by atoms with van der Waals surface area (Å²) >= 11 is 0. The van der Waals surface area contributed by atoms with Crippen molar-refractivity contribution in [3.8, 4) is 0 Å². The van der Waals surface area contributed by atoms with E-state index >= 15 is 0 Å². The molecule has 0 amide bonds. The predicted molar refractivity (Wildman–Crippen MR) is 71.6 cm³/mol. The van der Waals surface area contributed by atoms with E-state index in [0.29, 0.717) is 17.9 Å². The van der Waals surface area contributed by atoms with Crippen molar-refractivity contribution in [1.29, 1.82) is 0 Å². The summed E-state index contributed by atoms with van der Waals surface area (Å²) in [4.78, 5) is 11.0. The van der Waals surface area contributed by atoms with E-state index < -0.39 is 16.0 Å². The van der Waals surface area contributed by atoms with E-state index in [1.807, 2.05) is 0 Å². The van der Waals surface area contributed by atoms with Crippen LogP contribution in [0, 0.1) is 5.92 Å². The molecule has 19 heavy (non-hydrogen) atoms. The Hall–Kier alpha value is -1.40. The zero-order valence-corrected chi connectivity index (χ0v) is 11.3. The first-order valence-electron chi connectivity index (χ1n) is 6.26. The second kappa shape index (κ2) is 5.71. The molecule has 0 aliphatic heterocycles. The second-order valence-electron chi connectivity index (χ2n) is 4.83. The fraction of sp³-hybridized carbons (Fsp3) is 0.462. The van der Waals surface area contributed by atoms with Gasteiger partial charge in [0, 0.05) is 6.54 Å². The molecule has 5 nitrogen and oxygen atoms in total. The summed E-state index contributed by atoms with van der Waals surface area (Å²) in [6.45, 7) is 0.235. The number of benzene rings is 1. The topological polar surface area (TPSA) is 83.5 Å². The summed E-state index contributed by atoms with van der Waals surface area (Å²) in [6, 6.07) is 6.64. The van der Waals surface area contributed by atoms with Crippen molar-refractivity contribution in [2.24, 2.45) is 5.92 Å². The smallest absolute Gasteiger partial charge is 0.335 e. The second-order valence-corrected chi connectivity index (χ2v) is 6.68. The number of aromatic carboxylic acids is 1. The third-order valence-corrected chi connectivity index (χ3v) is 4.67. The van der Waals surface area contributed by atoms with Gasteiger partial charge in [0.2, 0.25) is 10.0 Å². The van der Waals surface area contributed by atoms with Crippen molar-refractivity contribution in [2.75, 3.05) is 12.3 Å². The van der Waals surface area contributed by atoms with E-state index in [1.165, 1.54) is 6.07 Å². The van der Waals surface area contributed by atoms with E-state index in [9.17, 15) is 13.2 Å². The molecule has 1 aromatic rings. The molecule has 0 saturated heterocycles. The van der Waals surface area contributed by atoms with Gasteiger partial charge in [-0.2, -0.15) is 0 Å². The van der Waals surface area contributed by atoms with Gasteiger partial charge in [-0.1, -0.05) is 18.2 Å². The van der Waals surface area contributed by atoms with E-state index in [0.717, 1.165) is 12.8 Å². The van der Waals surface area contributed by atoms with Gasteiger partial charge in [0.05, 0.1) is 11.3 Å². The SMILES string of the molecule is O=C(O)c1ccccc1CCNS(=O)(=O)CC1CC1. The van der Waals surface area contributed by atoms with Gasteiger partial charge < -0.3 is 5.11 Å². The van der Waals surface area contributed by atoms with E-state index in [1.54, 1.807) is 18.2 Å².